The summed E-state index contributed by atoms with van der Waals surface area (Å²) in [6, 6.07) is 0. The predicted octanol–water partition coefficient (Wildman–Crippen LogP) is 2.08. The largest absolute Gasteiger partial charge is 0.480 e. The Kier molecular flexibility index (Phi) is 3.89. The Hall–Kier alpha value is -2.12. The molecule has 0 amide bonds. The van der Waals surface area contributed by atoms with Gasteiger partial charge in [0.2, 0.25) is 11.6 Å². The Morgan fingerprint density at radius 2 is 2.29 bits per heavy atom. The second-order valence-corrected chi connectivity index (χ2v) is 5.86. The minimum Gasteiger partial charge on any atom is -0.480 e. The lowest BCUT2D eigenvalue weighted by Crippen LogP contribution is -2.50. The van der Waals surface area contributed by atoms with E-state index in [0.717, 1.165) is 12.8 Å². The lowest BCUT2D eigenvalue weighted by molar-refractivity contribution is -0.388. The lowest BCUT2D eigenvalue weighted by atomic mass is 9.76. The van der Waals surface area contributed by atoms with Crippen molar-refractivity contribution in [2.24, 2.45) is 13.0 Å². The highest BCUT2D eigenvalue weighted by Gasteiger charge is 2.44. The first-order chi connectivity index (χ1) is 9.77. The highest BCUT2D eigenvalue weighted by atomic mass is 16.6. The molecule has 2 atom stereocenters. The van der Waals surface area contributed by atoms with Crippen molar-refractivity contribution in [1.82, 2.24) is 9.55 Å². The van der Waals surface area contributed by atoms with Crippen LogP contribution >= 0.6 is 0 Å². The fourth-order valence-corrected chi connectivity index (χ4v) is 3.00. The molecule has 0 saturated heterocycles. The summed E-state index contributed by atoms with van der Waals surface area (Å²) in [4.78, 5) is 26.2. The average Bonchev–Trinajstić information content (AvgIpc) is 2.67. The first kappa shape index (κ1) is 15.3. The molecule has 1 saturated carbocycles. The zero-order valence-electron chi connectivity index (χ0n) is 12.4. The van der Waals surface area contributed by atoms with E-state index >= 15 is 0 Å². The summed E-state index contributed by atoms with van der Waals surface area (Å²) in [5.74, 6) is -0.408. The number of nitrogens with one attached hydrogen (secondary N) is 1. The molecule has 2 N–H and O–H groups in total. The number of carboxylic acid groups (broad SMARTS) is 1. The number of hydrogen-bond acceptors (Lipinski definition) is 5. The Balaban J connectivity index is 2.42. The number of nitrogens with zero attached hydrogens (tertiary/aromatic N) is 3. The molecule has 8 nitrogen and oxygen atoms in total. The van der Waals surface area contributed by atoms with E-state index in [4.69, 9.17) is 0 Å². The van der Waals surface area contributed by atoms with Gasteiger partial charge in [-0.2, -0.15) is 0 Å². The van der Waals surface area contributed by atoms with E-state index in [1.165, 1.54) is 4.57 Å². The van der Waals surface area contributed by atoms with E-state index in [9.17, 15) is 20.0 Å². The van der Waals surface area contributed by atoms with Crippen LogP contribution in [0.15, 0.2) is 0 Å². The van der Waals surface area contributed by atoms with Crippen LogP contribution in [0.1, 0.15) is 38.4 Å². The number of aliphatic carboxylic acids is 1. The molecule has 116 valence electrons. The molecule has 0 spiro atoms. The molecule has 8 heteroatoms. The summed E-state index contributed by atoms with van der Waals surface area (Å²) >= 11 is 0. The summed E-state index contributed by atoms with van der Waals surface area (Å²) in [6.07, 6.45) is 2.66. The first-order valence-corrected chi connectivity index (χ1v) is 6.96. The van der Waals surface area contributed by atoms with Gasteiger partial charge in [0.15, 0.2) is 0 Å². The highest BCUT2D eigenvalue weighted by Crippen LogP contribution is 2.37. The van der Waals surface area contributed by atoms with Gasteiger partial charge in [0.25, 0.3) is 0 Å². The summed E-state index contributed by atoms with van der Waals surface area (Å²) in [7, 11) is 1.64. The quantitative estimate of drug-likeness (QED) is 0.650. The Bertz CT molecular complexity index is 583. The van der Waals surface area contributed by atoms with Gasteiger partial charge in [0.1, 0.15) is 5.54 Å². The highest BCUT2D eigenvalue weighted by molar-refractivity contribution is 5.83. The lowest BCUT2D eigenvalue weighted by Gasteiger charge is -2.37. The maximum atomic E-state index is 11.8. The Labute approximate surface area is 122 Å². The molecule has 2 unspecified atom stereocenters. The number of carboxylic acids is 1. The van der Waals surface area contributed by atoms with Crippen LogP contribution in [0.3, 0.4) is 0 Å². The van der Waals surface area contributed by atoms with Gasteiger partial charge in [-0.3, -0.25) is 4.57 Å². The van der Waals surface area contributed by atoms with Crippen LogP contribution in [-0.2, 0) is 11.8 Å². The van der Waals surface area contributed by atoms with Crippen LogP contribution in [0.5, 0.6) is 0 Å². The van der Waals surface area contributed by atoms with Crippen LogP contribution < -0.4 is 5.32 Å². The SMILES string of the molecule is Cc1nc([N+](=O)[O-])c(NC2(C(=O)O)CCCC(C)C2)n1C. The standard InChI is InChI=1S/C13H20N4O4/c1-8-5-4-6-13(7-8,12(18)19)15-11-10(17(20)21)14-9(2)16(11)3/h8,15H,4-7H2,1-3H3,(H,18,19). The third-order valence-corrected chi connectivity index (χ3v) is 4.24. The smallest absolute Gasteiger partial charge is 0.406 e. The third-order valence-electron chi connectivity index (χ3n) is 4.24. The Morgan fingerprint density at radius 3 is 2.81 bits per heavy atom. The van der Waals surface area contributed by atoms with Crippen LogP contribution in [0.4, 0.5) is 11.6 Å². The van der Waals surface area contributed by atoms with Crippen molar-refractivity contribution >= 4 is 17.6 Å². The Morgan fingerprint density at radius 1 is 1.62 bits per heavy atom. The normalized spacial score (nSPS) is 25.6. The van der Waals surface area contributed by atoms with Crippen molar-refractivity contribution in [3.05, 3.63) is 15.9 Å². The van der Waals surface area contributed by atoms with Crippen molar-refractivity contribution in [3.8, 4) is 0 Å². The van der Waals surface area contributed by atoms with Crippen LogP contribution in [0.25, 0.3) is 0 Å². The van der Waals surface area contributed by atoms with E-state index < -0.39 is 16.4 Å². The summed E-state index contributed by atoms with van der Waals surface area (Å²) in [6.45, 7) is 3.65. The third kappa shape index (κ3) is 2.70. The monoisotopic (exact) mass is 296 g/mol. The average molecular weight is 296 g/mol. The molecule has 21 heavy (non-hydrogen) atoms. The molecular weight excluding hydrogens is 276 g/mol. The molecule has 0 aromatic carbocycles. The van der Waals surface area contributed by atoms with Crippen LogP contribution in [0.2, 0.25) is 0 Å². The second-order valence-electron chi connectivity index (χ2n) is 5.86. The van der Waals surface area contributed by atoms with Crippen molar-refractivity contribution < 1.29 is 14.8 Å². The van der Waals surface area contributed by atoms with Gasteiger partial charge >= 0.3 is 11.8 Å². The first-order valence-electron chi connectivity index (χ1n) is 6.96. The van der Waals surface area contributed by atoms with Gasteiger partial charge in [0, 0.05) is 14.0 Å². The number of nitro groups is 1. The number of anilines is 1. The number of carbonyl (C=O) groups is 1. The number of rotatable bonds is 4. The minimum atomic E-state index is -1.16. The van der Waals surface area contributed by atoms with Crippen molar-refractivity contribution in [2.75, 3.05) is 5.32 Å². The van der Waals surface area contributed by atoms with Crippen molar-refractivity contribution in [3.63, 3.8) is 0 Å². The van der Waals surface area contributed by atoms with E-state index in [2.05, 4.69) is 10.3 Å². The van der Waals surface area contributed by atoms with Crippen molar-refractivity contribution in [2.45, 2.75) is 45.1 Å². The molecule has 1 aromatic rings. The van der Waals surface area contributed by atoms with Gasteiger partial charge in [-0.15, -0.1) is 0 Å². The topological polar surface area (TPSA) is 110 Å². The molecule has 0 bridgehead atoms. The fourth-order valence-electron chi connectivity index (χ4n) is 3.00. The fraction of sp³-hybridized carbons (Fsp3) is 0.692. The minimum absolute atomic E-state index is 0.161. The van der Waals surface area contributed by atoms with Crippen LogP contribution in [0, 0.1) is 23.0 Å². The molecule has 0 aliphatic heterocycles. The summed E-state index contributed by atoms with van der Waals surface area (Å²) < 4.78 is 1.53. The van der Waals surface area contributed by atoms with E-state index in [1.54, 1.807) is 14.0 Å². The maximum Gasteiger partial charge on any atom is 0.406 e. The zero-order valence-corrected chi connectivity index (χ0v) is 12.4. The van der Waals surface area contributed by atoms with Gasteiger partial charge in [0.05, 0.1) is 0 Å². The van der Waals surface area contributed by atoms with Gasteiger partial charge in [-0.05, 0) is 28.7 Å². The predicted molar refractivity (Wildman–Crippen MR) is 76.2 cm³/mol. The van der Waals surface area contributed by atoms with Gasteiger partial charge in [-0.25, -0.2) is 4.79 Å². The van der Waals surface area contributed by atoms with E-state index in [0.29, 0.717) is 18.7 Å². The number of aromatic nitrogens is 2. The van der Waals surface area contributed by atoms with Gasteiger partial charge < -0.3 is 20.5 Å². The number of hydrogen-bond donors (Lipinski definition) is 2. The summed E-state index contributed by atoms with van der Waals surface area (Å²) in [5, 5.41) is 23.7. The molecule has 1 aliphatic rings. The molecule has 1 aliphatic carbocycles. The van der Waals surface area contributed by atoms with Gasteiger partial charge in [-0.1, -0.05) is 19.8 Å². The molecule has 0 radical (unpaired) electrons. The number of aryl methyl sites for hydroxylation is 1. The maximum absolute atomic E-state index is 11.8. The van der Waals surface area contributed by atoms with Crippen molar-refractivity contribution in [1.29, 1.82) is 0 Å². The molecule has 1 heterocycles. The summed E-state index contributed by atoms with van der Waals surface area (Å²) in [5.41, 5.74) is -1.16. The number of imidazole rings is 1. The molecular formula is C13H20N4O4. The van der Waals surface area contributed by atoms with E-state index in [1.807, 2.05) is 6.92 Å². The van der Waals surface area contributed by atoms with Crippen LogP contribution in [-0.4, -0.2) is 31.1 Å². The second kappa shape index (κ2) is 5.34. The zero-order chi connectivity index (χ0) is 15.8. The molecule has 2 rings (SSSR count). The molecule has 1 fully saturated rings. The molecule has 1 aromatic heterocycles. The van der Waals surface area contributed by atoms with E-state index in [-0.39, 0.29) is 17.6 Å².